The molecule has 4 heterocycles. The van der Waals surface area contributed by atoms with Crippen molar-refractivity contribution in [2.75, 3.05) is 18.4 Å². The van der Waals surface area contributed by atoms with E-state index in [-0.39, 0.29) is 29.4 Å². The lowest BCUT2D eigenvalue weighted by Crippen LogP contribution is -2.58. The minimum absolute atomic E-state index is 0.0508. The summed E-state index contributed by atoms with van der Waals surface area (Å²) in [6, 6.07) is 0. The highest BCUT2D eigenvalue weighted by molar-refractivity contribution is 7.17. The lowest BCUT2D eigenvalue weighted by atomic mass is 9.75. The normalized spacial score (nSPS) is 40.7. The Hall–Kier alpha value is -1.54. The van der Waals surface area contributed by atoms with E-state index in [1.54, 1.807) is 0 Å². The quantitative estimate of drug-likeness (QED) is 0.747. The molecule has 1 N–H and O–H groups in total. The van der Waals surface area contributed by atoms with Gasteiger partial charge in [-0.25, -0.2) is 8.78 Å². The minimum atomic E-state index is -2.81. The molecule has 8 heteroatoms. The number of thiophene rings is 1. The molecule has 5 nitrogen and oxygen atoms in total. The molecule has 4 atom stereocenters. The second-order valence-corrected chi connectivity index (χ2v) is 11.9. The van der Waals surface area contributed by atoms with Crippen LogP contribution in [0.25, 0.3) is 0 Å². The van der Waals surface area contributed by atoms with Crippen molar-refractivity contribution in [1.82, 2.24) is 4.90 Å². The zero-order chi connectivity index (χ0) is 21.1. The van der Waals surface area contributed by atoms with Crippen molar-refractivity contribution in [3.63, 3.8) is 0 Å². The highest BCUT2D eigenvalue weighted by Gasteiger charge is 2.61. The highest BCUT2D eigenvalue weighted by Crippen LogP contribution is 2.65. The van der Waals surface area contributed by atoms with Crippen LogP contribution < -0.4 is 5.32 Å². The molecule has 7 aliphatic rings. The Kier molecular flexibility index (Phi) is 3.72. The molecule has 1 aromatic heterocycles. The summed E-state index contributed by atoms with van der Waals surface area (Å²) in [4.78, 5) is 29.2. The zero-order valence-electron chi connectivity index (χ0n) is 17.3. The number of carbonyl (C=O) groups is 2. The Balaban J connectivity index is 1.24. The molecule has 1 aromatic rings. The third-order valence-corrected chi connectivity index (χ3v) is 10.0. The molecule has 4 aliphatic carbocycles. The number of alkyl halides is 2. The summed E-state index contributed by atoms with van der Waals surface area (Å²) < 4.78 is 33.1. The van der Waals surface area contributed by atoms with E-state index in [0.29, 0.717) is 28.3 Å². The van der Waals surface area contributed by atoms with Crippen LogP contribution in [0.2, 0.25) is 0 Å². The summed E-state index contributed by atoms with van der Waals surface area (Å²) >= 11 is 1.47. The van der Waals surface area contributed by atoms with E-state index in [9.17, 15) is 18.4 Å². The maximum Gasteiger partial charge on any atom is 0.282 e. The number of hydrogen-bond donors (Lipinski definition) is 1. The summed E-state index contributed by atoms with van der Waals surface area (Å²) in [7, 11) is 0. The van der Waals surface area contributed by atoms with Gasteiger partial charge in [0.05, 0.1) is 36.3 Å². The van der Waals surface area contributed by atoms with Crippen molar-refractivity contribution in [3.05, 3.63) is 16.0 Å². The van der Waals surface area contributed by atoms with Crippen LogP contribution in [0.4, 0.5) is 13.8 Å². The lowest BCUT2D eigenvalue weighted by Gasteiger charge is -2.39. The van der Waals surface area contributed by atoms with E-state index in [1.165, 1.54) is 22.7 Å². The van der Waals surface area contributed by atoms with Crippen LogP contribution in [0.1, 0.15) is 71.8 Å². The zero-order valence-corrected chi connectivity index (χ0v) is 18.1. The van der Waals surface area contributed by atoms with Crippen molar-refractivity contribution in [2.45, 2.75) is 69.5 Å². The van der Waals surface area contributed by atoms with Gasteiger partial charge in [-0.3, -0.25) is 9.59 Å². The van der Waals surface area contributed by atoms with Gasteiger partial charge in [-0.1, -0.05) is 0 Å². The molecule has 6 bridgehead atoms. The van der Waals surface area contributed by atoms with Gasteiger partial charge in [0.25, 0.3) is 11.8 Å². The topological polar surface area (TPSA) is 58.6 Å². The molecule has 6 fully saturated rings. The van der Waals surface area contributed by atoms with Crippen molar-refractivity contribution >= 4 is 28.2 Å². The van der Waals surface area contributed by atoms with Gasteiger partial charge >= 0.3 is 0 Å². The number of carbonyl (C=O) groups excluding carboxylic acids is 2. The molecule has 2 amide bonds. The fraction of sp³-hybridized carbons (Fsp3) is 0.739. The number of rotatable bonds is 3. The van der Waals surface area contributed by atoms with Crippen LogP contribution in [-0.2, 0) is 16.0 Å². The minimum Gasteiger partial charge on any atom is -0.370 e. The van der Waals surface area contributed by atoms with E-state index in [0.717, 1.165) is 55.4 Å². The summed E-state index contributed by atoms with van der Waals surface area (Å²) in [5.74, 6) is -1.37. The molecule has 0 aromatic carbocycles. The number of amides is 2. The molecule has 0 spiro atoms. The van der Waals surface area contributed by atoms with Gasteiger partial charge in [0.15, 0.2) is 0 Å². The molecule has 3 aliphatic heterocycles. The van der Waals surface area contributed by atoms with Crippen molar-refractivity contribution < 1.29 is 23.1 Å². The number of nitrogens with one attached hydrogen (secondary N) is 1. The van der Waals surface area contributed by atoms with Crippen LogP contribution in [0.15, 0.2) is 0 Å². The number of ether oxygens (including phenoxy) is 1. The van der Waals surface area contributed by atoms with Gasteiger partial charge in [-0.05, 0) is 62.7 Å². The first-order chi connectivity index (χ1) is 14.8. The van der Waals surface area contributed by atoms with Crippen molar-refractivity contribution in [2.24, 2.45) is 23.2 Å². The van der Waals surface area contributed by atoms with Gasteiger partial charge in [-0.15, -0.1) is 11.3 Å². The number of hydrogen-bond acceptors (Lipinski definition) is 4. The lowest BCUT2D eigenvalue weighted by molar-refractivity contribution is -0.127. The maximum atomic E-state index is 13.6. The van der Waals surface area contributed by atoms with Gasteiger partial charge in [0.2, 0.25) is 5.91 Å². The number of fused-ring (bicyclic) bond motifs is 4. The Morgan fingerprint density at radius 3 is 2.55 bits per heavy atom. The van der Waals surface area contributed by atoms with Gasteiger partial charge < -0.3 is 15.0 Å². The van der Waals surface area contributed by atoms with Crippen LogP contribution >= 0.6 is 11.3 Å². The van der Waals surface area contributed by atoms with Crippen LogP contribution in [0.5, 0.6) is 0 Å². The van der Waals surface area contributed by atoms with E-state index in [4.69, 9.17) is 4.74 Å². The fourth-order valence-corrected chi connectivity index (χ4v) is 9.07. The van der Waals surface area contributed by atoms with Gasteiger partial charge in [0, 0.05) is 16.9 Å². The predicted octanol–water partition coefficient (Wildman–Crippen LogP) is 4.38. The number of likely N-dealkylation sites (tertiary alicyclic amines) is 1. The van der Waals surface area contributed by atoms with Crippen molar-refractivity contribution in [1.29, 1.82) is 0 Å². The van der Waals surface area contributed by atoms with Gasteiger partial charge in [0.1, 0.15) is 5.00 Å². The summed E-state index contributed by atoms with van der Waals surface area (Å²) in [5, 5.41) is 3.73. The molecule has 4 unspecified atom stereocenters. The summed E-state index contributed by atoms with van der Waals surface area (Å²) in [5.41, 5.74) is 0.977. The molecule has 166 valence electrons. The number of halogens is 2. The first kappa shape index (κ1) is 19.0. The van der Waals surface area contributed by atoms with Crippen molar-refractivity contribution in [3.8, 4) is 0 Å². The van der Waals surface area contributed by atoms with Crippen LogP contribution in [0, 0.1) is 23.2 Å². The van der Waals surface area contributed by atoms with E-state index in [2.05, 4.69) is 5.32 Å². The van der Waals surface area contributed by atoms with Crippen LogP contribution in [0.3, 0.4) is 0 Å². The number of anilines is 1. The first-order valence-electron chi connectivity index (χ1n) is 11.6. The number of nitrogens with zero attached hydrogens (tertiary/aromatic N) is 1. The standard InChI is InChI=1S/C23H26F2N2O3S/c24-23(25)9-27(10-23)20(28)18-17-15-2-1-14(30-15)6-16(17)31-19(18)26-21(29)22-7-11-3-12(8-22)5-13(22)4-11/h11-15H,1-10H2,(H,26,29). The SMILES string of the molecule is O=C(c1c(NC(=O)C23CC4CC(CC2C4)C3)sc2c1C1CCC(C2)O1)N1CC(F)(F)C1. The largest absolute Gasteiger partial charge is 0.370 e. The Morgan fingerprint density at radius 1 is 1.10 bits per heavy atom. The molecule has 8 rings (SSSR count). The van der Waals surface area contributed by atoms with Crippen LogP contribution in [-0.4, -0.2) is 41.8 Å². The third kappa shape index (κ3) is 2.60. The summed E-state index contributed by atoms with van der Waals surface area (Å²) in [6.07, 6.45) is 8.01. The first-order valence-corrected chi connectivity index (χ1v) is 12.4. The molecular formula is C23H26F2N2O3S. The smallest absolute Gasteiger partial charge is 0.282 e. The molecular weight excluding hydrogens is 422 g/mol. The Bertz CT molecular complexity index is 985. The third-order valence-electron chi connectivity index (χ3n) is 8.88. The fourth-order valence-electron chi connectivity index (χ4n) is 7.77. The average Bonchev–Trinajstić information content (AvgIpc) is 3.38. The van der Waals surface area contributed by atoms with E-state index >= 15 is 0 Å². The monoisotopic (exact) mass is 448 g/mol. The Morgan fingerprint density at radius 2 is 1.84 bits per heavy atom. The second-order valence-electron chi connectivity index (χ2n) is 10.8. The maximum absolute atomic E-state index is 13.6. The Labute approximate surface area is 183 Å². The second kappa shape index (κ2) is 6.07. The van der Waals surface area contributed by atoms with E-state index in [1.807, 2.05) is 0 Å². The average molecular weight is 449 g/mol. The predicted molar refractivity (Wildman–Crippen MR) is 110 cm³/mol. The molecule has 31 heavy (non-hydrogen) atoms. The molecule has 2 saturated heterocycles. The highest BCUT2D eigenvalue weighted by atomic mass is 32.1. The molecule has 0 radical (unpaired) electrons. The summed E-state index contributed by atoms with van der Waals surface area (Å²) in [6.45, 7) is -1.10. The van der Waals surface area contributed by atoms with Gasteiger partial charge in [-0.2, -0.15) is 0 Å². The van der Waals surface area contributed by atoms with E-state index < -0.39 is 19.0 Å². The molecule has 4 saturated carbocycles.